The average molecular weight is 497 g/mol. The first-order valence-electron chi connectivity index (χ1n) is 12.0. The van der Waals surface area contributed by atoms with E-state index in [4.69, 9.17) is 16.3 Å². The molecule has 2 aromatic rings. The molecule has 0 aromatic heterocycles. The largest absolute Gasteiger partial charge is 0.463 e. The highest BCUT2D eigenvalue weighted by Crippen LogP contribution is 2.40. The van der Waals surface area contributed by atoms with Crippen LogP contribution >= 0.6 is 11.6 Å². The molecule has 1 aliphatic rings. The van der Waals surface area contributed by atoms with Crippen molar-refractivity contribution >= 4 is 29.4 Å². The lowest BCUT2D eigenvalue weighted by Crippen LogP contribution is -2.38. The monoisotopic (exact) mass is 496 g/mol. The molecule has 1 heterocycles. The van der Waals surface area contributed by atoms with E-state index in [1.165, 1.54) is 0 Å². The van der Waals surface area contributed by atoms with E-state index in [2.05, 4.69) is 19.2 Å². The molecule has 0 aliphatic carbocycles. The van der Waals surface area contributed by atoms with Gasteiger partial charge in [-0.2, -0.15) is 0 Å². The summed E-state index contributed by atoms with van der Waals surface area (Å²) in [5, 5.41) is 3.51. The van der Waals surface area contributed by atoms with E-state index in [0.717, 1.165) is 11.1 Å². The third-order valence-corrected chi connectivity index (χ3v) is 6.83. The molecule has 0 spiro atoms. The second-order valence-corrected chi connectivity index (χ2v) is 9.59. The van der Waals surface area contributed by atoms with E-state index in [1.807, 2.05) is 31.2 Å². The van der Waals surface area contributed by atoms with Crippen LogP contribution in [0.5, 0.6) is 0 Å². The Morgan fingerprint density at radius 2 is 1.86 bits per heavy atom. The number of rotatable bonds is 8. The number of allylic oxidation sites excluding steroid dienone is 1. The molecule has 1 aliphatic heterocycles. The molecule has 0 bridgehead atoms. The Morgan fingerprint density at radius 1 is 1.14 bits per heavy atom. The van der Waals surface area contributed by atoms with Crippen LogP contribution in [-0.2, 0) is 20.9 Å². The quantitative estimate of drug-likeness (QED) is 0.492. The second-order valence-electron chi connectivity index (χ2n) is 9.18. The molecule has 2 aromatic carbocycles. The zero-order chi connectivity index (χ0) is 25.7. The molecule has 1 N–H and O–H groups in total. The third kappa shape index (κ3) is 6.12. The number of nitrogens with one attached hydrogen (secondary N) is 1. The van der Waals surface area contributed by atoms with E-state index in [0.29, 0.717) is 27.8 Å². The number of halogens is 1. The van der Waals surface area contributed by atoms with Crippen molar-refractivity contribution in [2.24, 2.45) is 5.92 Å². The zero-order valence-electron chi connectivity index (χ0n) is 20.9. The summed E-state index contributed by atoms with van der Waals surface area (Å²) in [7, 11) is 0. The van der Waals surface area contributed by atoms with Gasteiger partial charge in [0.25, 0.3) is 5.91 Å². The van der Waals surface area contributed by atoms with Crippen LogP contribution in [0, 0.1) is 5.92 Å². The van der Waals surface area contributed by atoms with Crippen molar-refractivity contribution in [1.82, 2.24) is 10.2 Å². The number of carbonyl (C=O) groups excluding carboxylic acids is 3. The van der Waals surface area contributed by atoms with Crippen LogP contribution in [0.3, 0.4) is 0 Å². The zero-order valence-corrected chi connectivity index (χ0v) is 21.7. The van der Waals surface area contributed by atoms with Crippen LogP contribution in [0.1, 0.15) is 68.4 Å². The Hall–Kier alpha value is -3.12. The first kappa shape index (κ1) is 26.5. The van der Waals surface area contributed by atoms with Gasteiger partial charge in [-0.15, -0.1) is 0 Å². The summed E-state index contributed by atoms with van der Waals surface area (Å²) in [4.78, 5) is 40.6. The summed E-state index contributed by atoms with van der Waals surface area (Å²) in [6, 6.07) is 14.5. The third-order valence-electron chi connectivity index (χ3n) is 6.49. The molecule has 186 valence electrons. The van der Waals surface area contributed by atoms with Gasteiger partial charge >= 0.3 is 5.97 Å². The van der Waals surface area contributed by atoms with Crippen molar-refractivity contribution in [3.05, 3.63) is 81.5 Å². The van der Waals surface area contributed by atoms with Gasteiger partial charge in [-0.1, -0.05) is 55.8 Å². The maximum atomic E-state index is 13.3. The number of amides is 2. The van der Waals surface area contributed by atoms with Crippen LogP contribution in [0.25, 0.3) is 0 Å². The molecule has 3 rings (SSSR count). The smallest absolute Gasteiger partial charge is 0.336 e. The van der Waals surface area contributed by atoms with Crippen molar-refractivity contribution in [3.63, 3.8) is 0 Å². The van der Waals surface area contributed by atoms with Gasteiger partial charge in [0.1, 0.15) is 0 Å². The molecule has 0 saturated heterocycles. The molecule has 2 atom stereocenters. The molecule has 0 fully saturated rings. The highest BCUT2D eigenvalue weighted by molar-refractivity contribution is 6.31. The fourth-order valence-electron chi connectivity index (χ4n) is 4.15. The van der Waals surface area contributed by atoms with Crippen molar-refractivity contribution in [1.29, 1.82) is 0 Å². The lowest BCUT2D eigenvalue weighted by atomic mass is 9.83. The summed E-state index contributed by atoms with van der Waals surface area (Å²) in [6.45, 7) is 10.0. The number of benzene rings is 2. The van der Waals surface area contributed by atoms with Crippen molar-refractivity contribution in [2.75, 3.05) is 6.61 Å². The van der Waals surface area contributed by atoms with Crippen molar-refractivity contribution < 1.29 is 19.1 Å². The summed E-state index contributed by atoms with van der Waals surface area (Å²) in [5.41, 5.74) is 3.01. The Kier molecular flexibility index (Phi) is 8.73. The highest BCUT2D eigenvalue weighted by Gasteiger charge is 2.37. The van der Waals surface area contributed by atoms with E-state index in [9.17, 15) is 14.4 Å². The lowest BCUT2D eigenvalue weighted by Gasteiger charge is -2.35. The fourth-order valence-corrected chi connectivity index (χ4v) is 4.42. The number of ether oxygens (including phenoxy) is 1. The van der Waals surface area contributed by atoms with Gasteiger partial charge in [-0.25, -0.2) is 4.79 Å². The van der Waals surface area contributed by atoms with Gasteiger partial charge < -0.3 is 15.0 Å². The SMILES string of the molecule is CCOC(=O)C1=C(C)N(Cc2cccc(C(=O)NC(C)C(C)C)c2)C(=O)CC1c1ccccc1Cl. The van der Waals surface area contributed by atoms with Crippen LogP contribution in [-0.4, -0.2) is 35.3 Å². The van der Waals surface area contributed by atoms with Gasteiger partial charge in [-0.05, 0) is 56.0 Å². The Balaban J connectivity index is 1.94. The Bertz CT molecular complexity index is 1140. The maximum absolute atomic E-state index is 13.3. The molecule has 0 radical (unpaired) electrons. The van der Waals surface area contributed by atoms with Gasteiger partial charge in [0.2, 0.25) is 5.91 Å². The molecule has 2 amide bonds. The summed E-state index contributed by atoms with van der Waals surface area (Å²) in [6.07, 6.45) is 0.0985. The normalized spacial score (nSPS) is 16.9. The van der Waals surface area contributed by atoms with E-state index >= 15 is 0 Å². The van der Waals surface area contributed by atoms with Crippen LogP contribution < -0.4 is 5.32 Å². The predicted octanol–water partition coefficient (Wildman–Crippen LogP) is 5.47. The molecule has 35 heavy (non-hydrogen) atoms. The van der Waals surface area contributed by atoms with E-state index < -0.39 is 11.9 Å². The molecule has 2 unspecified atom stereocenters. The number of esters is 1. The molecular weight excluding hydrogens is 464 g/mol. The van der Waals surface area contributed by atoms with E-state index in [-0.39, 0.29) is 37.4 Å². The lowest BCUT2D eigenvalue weighted by molar-refractivity contribution is -0.140. The Morgan fingerprint density at radius 3 is 2.51 bits per heavy atom. The topological polar surface area (TPSA) is 75.7 Å². The predicted molar refractivity (Wildman–Crippen MR) is 137 cm³/mol. The van der Waals surface area contributed by atoms with Crippen LogP contribution in [0.2, 0.25) is 5.02 Å². The average Bonchev–Trinajstić information content (AvgIpc) is 2.82. The number of carbonyl (C=O) groups is 3. The van der Waals surface area contributed by atoms with Gasteiger partial charge in [0.15, 0.2) is 0 Å². The first-order valence-corrected chi connectivity index (χ1v) is 12.3. The molecule has 0 saturated carbocycles. The number of nitrogens with zero attached hydrogens (tertiary/aromatic N) is 1. The summed E-state index contributed by atoms with van der Waals surface area (Å²) in [5.74, 6) is -0.905. The summed E-state index contributed by atoms with van der Waals surface area (Å²) < 4.78 is 5.35. The fraction of sp³-hybridized carbons (Fsp3) is 0.393. The van der Waals surface area contributed by atoms with Crippen LogP contribution in [0.15, 0.2) is 59.8 Å². The number of hydrogen-bond acceptors (Lipinski definition) is 4. The van der Waals surface area contributed by atoms with Gasteiger partial charge in [0.05, 0.1) is 18.7 Å². The Labute approximate surface area is 212 Å². The van der Waals surface area contributed by atoms with Crippen molar-refractivity contribution in [2.45, 2.75) is 59.5 Å². The van der Waals surface area contributed by atoms with E-state index in [1.54, 1.807) is 43.0 Å². The van der Waals surface area contributed by atoms with Crippen molar-refractivity contribution in [3.8, 4) is 0 Å². The maximum Gasteiger partial charge on any atom is 0.336 e. The molecular formula is C28H33ClN2O4. The minimum absolute atomic E-state index is 0.0360. The minimum atomic E-state index is -0.485. The highest BCUT2D eigenvalue weighted by atomic mass is 35.5. The van der Waals surface area contributed by atoms with Gasteiger partial charge in [-0.3, -0.25) is 9.59 Å². The standard InChI is InChI=1S/C28H33ClN2O4/c1-6-35-28(34)26-19(5)31(25(32)15-23(26)22-12-7-8-13-24(22)29)16-20-10-9-11-21(14-20)27(33)30-18(4)17(2)3/h7-14,17-18,23H,6,15-16H2,1-5H3,(H,30,33). The first-order chi connectivity index (χ1) is 16.6. The molecule has 6 nitrogen and oxygen atoms in total. The van der Waals surface area contributed by atoms with Crippen LogP contribution in [0.4, 0.5) is 0 Å². The minimum Gasteiger partial charge on any atom is -0.463 e. The molecule has 7 heteroatoms. The van der Waals surface area contributed by atoms with Gasteiger partial charge in [0, 0.05) is 34.7 Å². The second kappa shape index (κ2) is 11.5. The summed E-state index contributed by atoms with van der Waals surface area (Å²) >= 11 is 6.43. The number of hydrogen-bond donors (Lipinski definition) is 1.